The molecule has 0 aliphatic rings. The van der Waals surface area contributed by atoms with Crippen molar-refractivity contribution in [3.05, 3.63) is 72.4 Å². The van der Waals surface area contributed by atoms with E-state index in [1.165, 1.54) is 16.3 Å². The Morgan fingerprint density at radius 2 is 1.74 bits per heavy atom. The molecule has 3 aromatic rings. The Morgan fingerprint density at radius 1 is 0.947 bits per heavy atom. The molecule has 0 aliphatic carbocycles. The van der Waals surface area contributed by atoms with E-state index in [1.54, 1.807) is 0 Å². The second kappa shape index (κ2) is 4.69. The van der Waals surface area contributed by atoms with Gasteiger partial charge >= 0.3 is 0 Å². The number of fused-ring (bicyclic) bond motifs is 1. The minimum atomic E-state index is 1.03. The summed E-state index contributed by atoms with van der Waals surface area (Å²) >= 11 is 0. The fraction of sp³-hybridized carbons (Fsp3) is 0.0556. The fourth-order valence-corrected chi connectivity index (χ4v) is 2.35. The number of hydrogen-bond donors (Lipinski definition) is 0. The molecule has 92 valence electrons. The third-order valence-corrected chi connectivity index (χ3v) is 3.38. The van der Waals surface area contributed by atoms with Gasteiger partial charge < -0.3 is 0 Å². The average Bonchev–Trinajstić information content (AvgIpc) is 2.47. The van der Waals surface area contributed by atoms with Crippen molar-refractivity contribution in [2.45, 2.75) is 6.92 Å². The van der Waals surface area contributed by atoms with E-state index in [4.69, 9.17) is 0 Å². The van der Waals surface area contributed by atoms with Crippen LogP contribution in [0, 0.1) is 6.92 Å². The lowest BCUT2D eigenvalue weighted by Gasteiger charge is -2.08. The highest BCUT2D eigenvalue weighted by Crippen LogP contribution is 2.28. The molecule has 19 heavy (non-hydrogen) atoms. The van der Waals surface area contributed by atoms with Crippen LogP contribution in [0.4, 0.5) is 0 Å². The summed E-state index contributed by atoms with van der Waals surface area (Å²) in [6.45, 7) is 5.97. The summed E-state index contributed by atoms with van der Waals surface area (Å²) in [4.78, 5) is 4.55. The van der Waals surface area contributed by atoms with Crippen LogP contribution in [-0.4, -0.2) is 4.98 Å². The zero-order chi connectivity index (χ0) is 13.2. The van der Waals surface area contributed by atoms with Gasteiger partial charge in [0.15, 0.2) is 0 Å². The minimum Gasteiger partial charge on any atom is -0.256 e. The molecule has 1 aromatic heterocycles. The molecule has 0 N–H and O–H groups in total. The van der Waals surface area contributed by atoms with Crippen LogP contribution in [0.3, 0.4) is 0 Å². The lowest BCUT2D eigenvalue weighted by molar-refractivity contribution is 1.35. The molecule has 0 radical (unpaired) electrons. The van der Waals surface area contributed by atoms with Crippen LogP contribution in [0.1, 0.15) is 11.1 Å². The molecule has 3 rings (SSSR count). The van der Waals surface area contributed by atoms with Crippen molar-refractivity contribution < 1.29 is 0 Å². The molecule has 0 aliphatic heterocycles. The Kier molecular flexibility index (Phi) is 2.88. The molecule has 1 heteroatoms. The maximum atomic E-state index is 4.55. The Morgan fingerprint density at radius 3 is 2.47 bits per heavy atom. The van der Waals surface area contributed by atoms with Crippen LogP contribution in [0.5, 0.6) is 0 Å². The van der Waals surface area contributed by atoms with Gasteiger partial charge in [-0.15, -0.1) is 0 Å². The van der Waals surface area contributed by atoms with E-state index in [2.05, 4.69) is 61.0 Å². The fourth-order valence-electron chi connectivity index (χ4n) is 2.35. The number of hydrogen-bond acceptors (Lipinski definition) is 1. The van der Waals surface area contributed by atoms with Gasteiger partial charge in [0.25, 0.3) is 0 Å². The van der Waals surface area contributed by atoms with E-state index >= 15 is 0 Å². The van der Waals surface area contributed by atoms with E-state index in [-0.39, 0.29) is 0 Å². The third-order valence-electron chi connectivity index (χ3n) is 3.38. The second-order valence-electron chi connectivity index (χ2n) is 4.67. The summed E-state index contributed by atoms with van der Waals surface area (Å²) < 4.78 is 0. The molecular formula is C18H15N. The van der Waals surface area contributed by atoms with Crippen molar-refractivity contribution in [1.29, 1.82) is 0 Å². The summed E-state index contributed by atoms with van der Waals surface area (Å²) in [5.74, 6) is 0. The van der Waals surface area contributed by atoms with Crippen LogP contribution in [0.2, 0.25) is 0 Å². The summed E-state index contributed by atoms with van der Waals surface area (Å²) in [6.07, 6.45) is 3.76. The Labute approximate surface area is 113 Å². The van der Waals surface area contributed by atoms with Crippen LogP contribution < -0.4 is 0 Å². The SMILES string of the molecule is C=Cc1cccc2c(-c3ccc(C)cc3)nccc12. The first-order chi connectivity index (χ1) is 9.29. The zero-order valence-electron chi connectivity index (χ0n) is 10.9. The third kappa shape index (κ3) is 2.04. The summed E-state index contributed by atoms with van der Waals surface area (Å²) in [5, 5.41) is 2.37. The maximum absolute atomic E-state index is 4.55. The molecule has 0 unspecified atom stereocenters. The molecule has 2 aromatic carbocycles. The van der Waals surface area contributed by atoms with E-state index in [0.29, 0.717) is 0 Å². The predicted octanol–water partition coefficient (Wildman–Crippen LogP) is 4.85. The van der Waals surface area contributed by atoms with Gasteiger partial charge in [-0.3, -0.25) is 4.98 Å². The molecule has 0 saturated carbocycles. The number of benzene rings is 2. The first kappa shape index (κ1) is 11.7. The van der Waals surface area contributed by atoms with Gasteiger partial charge in [0.1, 0.15) is 0 Å². The summed E-state index contributed by atoms with van der Waals surface area (Å²) in [7, 11) is 0. The molecule has 0 atom stereocenters. The summed E-state index contributed by atoms with van der Waals surface area (Å²) in [6, 6.07) is 16.8. The highest BCUT2D eigenvalue weighted by molar-refractivity contribution is 5.98. The average molecular weight is 245 g/mol. The van der Waals surface area contributed by atoms with Gasteiger partial charge in [0.05, 0.1) is 5.69 Å². The van der Waals surface area contributed by atoms with Crippen molar-refractivity contribution >= 4 is 16.8 Å². The van der Waals surface area contributed by atoms with E-state index in [1.807, 2.05) is 18.3 Å². The topological polar surface area (TPSA) is 12.9 Å². The van der Waals surface area contributed by atoms with Gasteiger partial charge in [0, 0.05) is 17.1 Å². The Balaban J connectivity index is 2.30. The number of nitrogens with zero attached hydrogens (tertiary/aromatic N) is 1. The first-order valence-corrected chi connectivity index (χ1v) is 6.37. The standard InChI is InChI=1S/C18H15N/c1-3-14-5-4-6-17-16(14)11-12-19-18(17)15-9-7-13(2)8-10-15/h3-12H,1H2,2H3. The number of aromatic nitrogens is 1. The molecule has 1 heterocycles. The molecule has 0 spiro atoms. The monoisotopic (exact) mass is 245 g/mol. The molecule has 0 fully saturated rings. The number of aryl methyl sites for hydroxylation is 1. The highest BCUT2D eigenvalue weighted by Gasteiger charge is 2.06. The van der Waals surface area contributed by atoms with Gasteiger partial charge in [0.2, 0.25) is 0 Å². The molecule has 1 nitrogen and oxygen atoms in total. The van der Waals surface area contributed by atoms with Gasteiger partial charge in [-0.05, 0) is 23.9 Å². The first-order valence-electron chi connectivity index (χ1n) is 6.37. The summed E-state index contributed by atoms with van der Waals surface area (Å²) in [5.41, 5.74) is 4.59. The van der Waals surface area contributed by atoms with Crippen molar-refractivity contribution in [2.24, 2.45) is 0 Å². The molecular weight excluding hydrogens is 230 g/mol. The predicted molar refractivity (Wildman–Crippen MR) is 82.0 cm³/mol. The largest absolute Gasteiger partial charge is 0.256 e. The minimum absolute atomic E-state index is 1.03. The number of pyridine rings is 1. The van der Waals surface area contributed by atoms with Crippen LogP contribution in [-0.2, 0) is 0 Å². The normalized spacial score (nSPS) is 10.6. The Hall–Kier alpha value is -2.41. The molecule has 0 bridgehead atoms. The van der Waals surface area contributed by atoms with Crippen molar-refractivity contribution in [2.75, 3.05) is 0 Å². The smallest absolute Gasteiger partial charge is 0.0780 e. The number of rotatable bonds is 2. The van der Waals surface area contributed by atoms with Crippen LogP contribution >= 0.6 is 0 Å². The lowest BCUT2D eigenvalue weighted by atomic mass is 10.00. The highest BCUT2D eigenvalue weighted by atomic mass is 14.7. The van der Waals surface area contributed by atoms with Gasteiger partial charge in [-0.25, -0.2) is 0 Å². The van der Waals surface area contributed by atoms with Crippen LogP contribution in [0.15, 0.2) is 61.3 Å². The van der Waals surface area contributed by atoms with E-state index in [0.717, 1.165) is 16.8 Å². The van der Waals surface area contributed by atoms with Crippen molar-refractivity contribution in [1.82, 2.24) is 4.98 Å². The van der Waals surface area contributed by atoms with E-state index < -0.39 is 0 Å². The zero-order valence-corrected chi connectivity index (χ0v) is 10.9. The lowest BCUT2D eigenvalue weighted by Crippen LogP contribution is -1.87. The molecule has 0 saturated heterocycles. The van der Waals surface area contributed by atoms with Gasteiger partial charge in [-0.1, -0.05) is 60.7 Å². The van der Waals surface area contributed by atoms with Crippen molar-refractivity contribution in [3.63, 3.8) is 0 Å². The Bertz CT molecular complexity index is 739. The van der Waals surface area contributed by atoms with Crippen molar-refractivity contribution in [3.8, 4) is 11.3 Å². The second-order valence-corrected chi connectivity index (χ2v) is 4.67. The van der Waals surface area contributed by atoms with E-state index in [9.17, 15) is 0 Å². The quantitative estimate of drug-likeness (QED) is 0.628. The maximum Gasteiger partial charge on any atom is 0.0780 e. The molecule has 0 amide bonds. The van der Waals surface area contributed by atoms with Crippen LogP contribution in [0.25, 0.3) is 28.1 Å². The van der Waals surface area contributed by atoms with Gasteiger partial charge in [-0.2, -0.15) is 0 Å².